The van der Waals surface area contributed by atoms with Crippen molar-refractivity contribution in [2.45, 2.75) is 46.6 Å². The topological polar surface area (TPSA) is 28.2 Å². The Labute approximate surface area is 117 Å². The molecule has 0 spiro atoms. The van der Waals surface area contributed by atoms with Gasteiger partial charge in [-0.3, -0.25) is 0 Å². The van der Waals surface area contributed by atoms with Gasteiger partial charge >= 0.3 is 0 Å². The van der Waals surface area contributed by atoms with Gasteiger partial charge in [-0.2, -0.15) is 0 Å². The van der Waals surface area contributed by atoms with Crippen LogP contribution in [0.15, 0.2) is 12.1 Å². The molecule has 19 heavy (non-hydrogen) atoms. The van der Waals surface area contributed by atoms with Crippen LogP contribution in [-0.2, 0) is 6.54 Å². The third-order valence-corrected chi connectivity index (χ3v) is 4.04. The second-order valence-corrected chi connectivity index (χ2v) is 6.51. The monoisotopic (exact) mass is 261 g/mol. The normalized spacial score (nSPS) is 19.3. The van der Waals surface area contributed by atoms with E-state index in [4.69, 9.17) is 4.98 Å². The van der Waals surface area contributed by atoms with Crippen LogP contribution in [0, 0.1) is 12.3 Å². The first-order valence-corrected chi connectivity index (χ1v) is 7.37. The summed E-state index contributed by atoms with van der Waals surface area (Å²) in [4.78, 5) is 7.19. The predicted octanol–water partition coefficient (Wildman–Crippen LogP) is 3.13. The molecule has 106 valence electrons. The highest BCUT2D eigenvalue weighted by atomic mass is 15.2. The standard InChI is InChI=1S/C16H27N3/c1-13-10-14(12-17-4)11-15(18-13)19-8-5-6-16(2,3)7-9-19/h10-11,17H,5-9,12H2,1-4H3. The molecular weight excluding hydrogens is 234 g/mol. The molecular formula is C16H27N3. The number of hydrogen-bond acceptors (Lipinski definition) is 3. The van der Waals surface area contributed by atoms with E-state index < -0.39 is 0 Å². The molecule has 0 unspecified atom stereocenters. The van der Waals surface area contributed by atoms with Crippen LogP contribution in [0.1, 0.15) is 44.4 Å². The van der Waals surface area contributed by atoms with Crippen molar-refractivity contribution in [2.24, 2.45) is 5.41 Å². The second kappa shape index (κ2) is 5.91. The molecule has 0 radical (unpaired) electrons. The highest BCUT2D eigenvalue weighted by Gasteiger charge is 2.23. The lowest BCUT2D eigenvalue weighted by Gasteiger charge is -2.24. The Bertz CT molecular complexity index is 426. The van der Waals surface area contributed by atoms with Gasteiger partial charge in [-0.15, -0.1) is 0 Å². The third-order valence-electron chi connectivity index (χ3n) is 4.04. The van der Waals surface area contributed by atoms with E-state index in [2.05, 4.69) is 43.1 Å². The minimum Gasteiger partial charge on any atom is -0.357 e. The molecule has 2 rings (SSSR count). The molecule has 0 saturated carbocycles. The van der Waals surface area contributed by atoms with Crippen molar-refractivity contribution in [1.82, 2.24) is 10.3 Å². The smallest absolute Gasteiger partial charge is 0.129 e. The number of nitrogens with one attached hydrogen (secondary N) is 1. The van der Waals surface area contributed by atoms with Crippen molar-refractivity contribution in [3.63, 3.8) is 0 Å². The summed E-state index contributed by atoms with van der Waals surface area (Å²) >= 11 is 0. The molecule has 0 amide bonds. The molecule has 1 saturated heterocycles. The molecule has 1 aromatic heterocycles. The molecule has 0 bridgehead atoms. The number of nitrogens with zero attached hydrogens (tertiary/aromatic N) is 2. The van der Waals surface area contributed by atoms with Gasteiger partial charge in [0.2, 0.25) is 0 Å². The molecule has 1 fully saturated rings. The van der Waals surface area contributed by atoms with Gasteiger partial charge in [0, 0.05) is 25.3 Å². The molecule has 3 nitrogen and oxygen atoms in total. The molecule has 0 aliphatic carbocycles. The highest BCUT2D eigenvalue weighted by Crippen LogP contribution is 2.31. The Hall–Kier alpha value is -1.09. The quantitative estimate of drug-likeness (QED) is 0.906. The third kappa shape index (κ3) is 3.93. The van der Waals surface area contributed by atoms with E-state index in [1.807, 2.05) is 7.05 Å². The lowest BCUT2D eigenvalue weighted by molar-refractivity contribution is 0.325. The van der Waals surface area contributed by atoms with Crippen molar-refractivity contribution >= 4 is 5.82 Å². The van der Waals surface area contributed by atoms with Gasteiger partial charge < -0.3 is 10.2 Å². The number of aromatic nitrogens is 1. The van der Waals surface area contributed by atoms with Crippen LogP contribution in [0.4, 0.5) is 5.82 Å². The minimum absolute atomic E-state index is 0.479. The van der Waals surface area contributed by atoms with Crippen LogP contribution < -0.4 is 10.2 Å². The van der Waals surface area contributed by atoms with E-state index in [1.54, 1.807) is 0 Å². The fourth-order valence-corrected chi connectivity index (χ4v) is 2.84. The maximum Gasteiger partial charge on any atom is 0.129 e. The molecule has 1 N–H and O–H groups in total. The lowest BCUT2D eigenvalue weighted by atomic mass is 9.85. The predicted molar refractivity (Wildman–Crippen MR) is 81.6 cm³/mol. The summed E-state index contributed by atoms with van der Waals surface area (Å²) in [6, 6.07) is 4.41. The number of rotatable bonds is 3. The Morgan fingerprint density at radius 3 is 2.79 bits per heavy atom. The van der Waals surface area contributed by atoms with Gasteiger partial charge in [0.25, 0.3) is 0 Å². The first-order chi connectivity index (χ1) is 9.00. The number of aryl methyl sites for hydroxylation is 1. The van der Waals surface area contributed by atoms with E-state index in [0.717, 1.165) is 31.1 Å². The Morgan fingerprint density at radius 2 is 2.05 bits per heavy atom. The van der Waals surface area contributed by atoms with Crippen molar-refractivity contribution in [3.8, 4) is 0 Å². The fraction of sp³-hybridized carbons (Fsp3) is 0.688. The number of anilines is 1. The number of pyridine rings is 1. The molecule has 3 heteroatoms. The number of hydrogen-bond donors (Lipinski definition) is 1. The van der Waals surface area contributed by atoms with Crippen LogP contribution in [-0.4, -0.2) is 25.1 Å². The van der Waals surface area contributed by atoms with Gasteiger partial charge in [0.05, 0.1) is 0 Å². The second-order valence-electron chi connectivity index (χ2n) is 6.51. The zero-order chi connectivity index (χ0) is 13.9. The van der Waals surface area contributed by atoms with Crippen LogP contribution in [0.2, 0.25) is 0 Å². The summed E-state index contributed by atoms with van der Waals surface area (Å²) in [5, 5.41) is 3.22. The van der Waals surface area contributed by atoms with Gasteiger partial charge in [-0.05, 0) is 56.3 Å². The maximum absolute atomic E-state index is 4.73. The zero-order valence-corrected chi connectivity index (χ0v) is 12.8. The fourth-order valence-electron chi connectivity index (χ4n) is 2.84. The van der Waals surface area contributed by atoms with E-state index >= 15 is 0 Å². The van der Waals surface area contributed by atoms with Crippen molar-refractivity contribution in [1.29, 1.82) is 0 Å². The molecule has 1 aromatic rings. The first-order valence-electron chi connectivity index (χ1n) is 7.37. The largest absolute Gasteiger partial charge is 0.357 e. The first kappa shape index (κ1) is 14.3. The van der Waals surface area contributed by atoms with E-state index in [9.17, 15) is 0 Å². The Balaban J connectivity index is 2.16. The van der Waals surface area contributed by atoms with Crippen LogP contribution >= 0.6 is 0 Å². The maximum atomic E-state index is 4.73. The van der Waals surface area contributed by atoms with Crippen molar-refractivity contribution in [3.05, 3.63) is 23.4 Å². The van der Waals surface area contributed by atoms with E-state index in [-0.39, 0.29) is 0 Å². The van der Waals surface area contributed by atoms with Crippen molar-refractivity contribution in [2.75, 3.05) is 25.0 Å². The zero-order valence-electron chi connectivity index (χ0n) is 12.8. The molecule has 0 atom stereocenters. The summed E-state index contributed by atoms with van der Waals surface area (Å²) in [5.74, 6) is 1.16. The molecule has 0 aromatic carbocycles. The summed E-state index contributed by atoms with van der Waals surface area (Å²) < 4.78 is 0. The average Bonchev–Trinajstić information content (AvgIpc) is 2.50. The van der Waals surface area contributed by atoms with Crippen LogP contribution in [0.5, 0.6) is 0 Å². The average molecular weight is 261 g/mol. The van der Waals surface area contributed by atoms with Gasteiger partial charge in [0.15, 0.2) is 0 Å². The summed E-state index contributed by atoms with van der Waals surface area (Å²) in [6.45, 7) is 10.0. The minimum atomic E-state index is 0.479. The lowest BCUT2D eigenvalue weighted by Crippen LogP contribution is -2.26. The van der Waals surface area contributed by atoms with Crippen molar-refractivity contribution < 1.29 is 0 Å². The Kier molecular flexibility index (Phi) is 4.46. The summed E-state index contributed by atoms with van der Waals surface area (Å²) in [7, 11) is 1.99. The van der Waals surface area contributed by atoms with Gasteiger partial charge in [-0.25, -0.2) is 4.98 Å². The summed E-state index contributed by atoms with van der Waals surface area (Å²) in [6.07, 6.45) is 3.84. The molecule has 2 heterocycles. The van der Waals surface area contributed by atoms with E-state index in [1.165, 1.54) is 24.8 Å². The van der Waals surface area contributed by atoms with Crippen LogP contribution in [0.25, 0.3) is 0 Å². The van der Waals surface area contributed by atoms with Gasteiger partial charge in [0.1, 0.15) is 5.82 Å². The molecule has 1 aliphatic heterocycles. The van der Waals surface area contributed by atoms with Crippen LogP contribution in [0.3, 0.4) is 0 Å². The summed E-state index contributed by atoms with van der Waals surface area (Å²) in [5.41, 5.74) is 2.92. The van der Waals surface area contributed by atoms with E-state index in [0.29, 0.717) is 5.41 Å². The highest BCUT2D eigenvalue weighted by molar-refractivity contribution is 5.43. The SMILES string of the molecule is CNCc1cc(C)nc(N2CCCC(C)(C)CC2)c1. The molecule has 1 aliphatic rings. The van der Waals surface area contributed by atoms with Gasteiger partial charge in [-0.1, -0.05) is 13.8 Å². The Morgan fingerprint density at radius 1 is 1.26 bits per heavy atom.